The van der Waals surface area contributed by atoms with Gasteiger partial charge in [-0.05, 0) is 12.1 Å². The number of rotatable bonds is 1. The summed E-state index contributed by atoms with van der Waals surface area (Å²) in [7, 11) is 2.90. The molecule has 1 saturated carbocycles. The minimum atomic E-state index is 1.03. The Kier molecular flexibility index (Phi) is 5.19. The zero-order valence-electron chi connectivity index (χ0n) is 7.52. The maximum Gasteiger partial charge on any atom is -0.0353 e. The topological polar surface area (TPSA) is 0 Å². The van der Waals surface area contributed by atoms with Gasteiger partial charge >= 0.3 is 0 Å². The molecule has 1 unspecified atom stereocenters. The summed E-state index contributed by atoms with van der Waals surface area (Å²) < 4.78 is 0. The van der Waals surface area contributed by atoms with Crippen molar-refractivity contribution in [1.29, 1.82) is 0 Å². The Bertz CT molecular complexity index is 80.9. The molecule has 0 aromatic carbocycles. The summed E-state index contributed by atoms with van der Waals surface area (Å²) in [5, 5.41) is 0. The van der Waals surface area contributed by atoms with Crippen LogP contribution in [0.25, 0.3) is 0 Å². The molecule has 0 bridgehead atoms. The van der Waals surface area contributed by atoms with Gasteiger partial charge in [-0.2, -0.15) is 0 Å². The van der Waals surface area contributed by atoms with Crippen molar-refractivity contribution in [3.63, 3.8) is 0 Å². The molecule has 0 aromatic heterocycles. The van der Waals surface area contributed by atoms with E-state index in [2.05, 4.69) is 9.24 Å². The van der Waals surface area contributed by atoms with Gasteiger partial charge in [0.1, 0.15) is 0 Å². The lowest BCUT2D eigenvalue weighted by Gasteiger charge is -2.11. The van der Waals surface area contributed by atoms with Gasteiger partial charge in [0, 0.05) is 0 Å². The molecule has 1 atom stereocenters. The van der Waals surface area contributed by atoms with Crippen LogP contribution in [0, 0.1) is 5.92 Å². The molecule has 11 heavy (non-hydrogen) atoms. The smallest absolute Gasteiger partial charge is 0.0353 e. The molecule has 1 heteroatoms. The molecule has 1 fully saturated rings. The fraction of sp³-hybridized carbons (Fsp3) is 1.00. The molecule has 0 aromatic rings. The molecule has 0 heterocycles. The first kappa shape index (κ1) is 9.52. The van der Waals surface area contributed by atoms with Crippen LogP contribution in [-0.4, -0.2) is 6.16 Å². The second-order valence-corrected chi connectivity index (χ2v) is 4.27. The Morgan fingerprint density at radius 2 is 1.27 bits per heavy atom. The molecule has 1 aliphatic carbocycles. The average molecular weight is 172 g/mol. The first-order valence-corrected chi connectivity index (χ1v) is 5.95. The van der Waals surface area contributed by atoms with E-state index < -0.39 is 0 Å². The van der Waals surface area contributed by atoms with Gasteiger partial charge in [0.15, 0.2) is 0 Å². The molecular formula is C10H21P. The quantitative estimate of drug-likeness (QED) is 0.530. The van der Waals surface area contributed by atoms with Crippen molar-refractivity contribution in [2.45, 2.75) is 51.4 Å². The lowest BCUT2D eigenvalue weighted by molar-refractivity contribution is 0.472. The zero-order valence-corrected chi connectivity index (χ0v) is 8.67. The maximum absolute atomic E-state index is 2.90. The molecule has 1 aliphatic rings. The zero-order chi connectivity index (χ0) is 7.94. The van der Waals surface area contributed by atoms with E-state index in [9.17, 15) is 0 Å². The number of hydrogen-bond acceptors (Lipinski definition) is 0. The van der Waals surface area contributed by atoms with Gasteiger partial charge in [0.25, 0.3) is 0 Å². The predicted molar refractivity (Wildman–Crippen MR) is 55.0 cm³/mol. The molecule has 0 nitrogen and oxygen atoms in total. The van der Waals surface area contributed by atoms with Crippen molar-refractivity contribution >= 4 is 9.24 Å². The fourth-order valence-electron chi connectivity index (χ4n) is 1.95. The van der Waals surface area contributed by atoms with E-state index in [1.807, 2.05) is 0 Å². The summed E-state index contributed by atoms with van der Waals surface area (Å²) in [6.45, 7) is 0. The molecule has 0 amide bonds. The molecule has 66 valence electrons. The minimum absolute atomic E-state index is 1.03. The maximum atomic E-state index is 2.90. The fourth-order valence-corrected chi connectivity index (χ4v) is 2.42. The molecule has 0 aliphatic heterocycles. The van der Waals surface area contributed by atoms with Crippen LogP contribution in [0.2, 0.25) is 0 Å². The first-order chi connectivity index (χ1) is 5.43. The van der Waals surface area contributed by atoms with Crippen molar-refractivity contribution in [2.75, 3.05) is 6.16 Å². The third-order valence-corrected chi connectivity index (χ3v) is 3.47. The SMILES string of the molecule is PCC1CCCCCCCC1. The van der Waals surface area contributed by atoms with Crippen LogP contribution in [0.5, 0.6) is 0 Å². The molecule has 0 saturated heterocycles. The highest BCUT2D eigenvalue weighted by atomic mass is 31.0. The van der Waals surface area contributed by atoms with Crippen LogP contribution in [0.3, 0.4) is 0 Å². The second-order valence-electron chi connectivity index (χ2n) is 3.80. The lowest BCUT2D eigenvalue weighted by Crippen LogP contribution is -2.00. The van der Waals surface area contributed by atoms with E-state index in [1.54, 1.807) is 0 Å². The van der Waals surface area contributed by atoms with Crippen LogP contribution >= 0.6 is 9.24 Å². The monoisotopic (exact) mass is 172 g/mol. The van der Waals surface area contributed by atoms with Crippen LogP contribution < -0.4 is 0 Å². The van der Waals surface area contributed by atoms with Crippen molar-refractivity contribution in [3.8, 4) is 0 Å². The summed E-state index contributed by atoms with van der Waals surface area (Å²) in [6.07, 6.45) is 13.2. The second kappa shape index (κ2) is 6.00. The van der Waals surface area contributed by atoms with Crippen molar-refractivity contribution in [2.24, 2.45) is 5.92 Å². The van der Waals surface area contributed by atoms with Crippen LogP contribution in [0.1, 0.15) is 51.4 Å². The van der Waals surface area contributed by atoms with Crippen LogP contribution in [0.15, 0.2) is 0 Å². The van der Waals surface area contributed by atoms with E-state index in [0.29, 0.717) is 0 Å². The van der Waals surface area contributed by atoms with Gasteiger partial charge in [-0.1, -0.05) is 51.4 Å². The largest absolute Gasteiger partial charge is 0.137 e. The highest BCUT2D eigenvalue weighted by Crippen LogP contribution is 2.22. The van der Waals surface area contributed by atoms with Gasteiger partial charge in [-0.3, -0.25) is 0 Å². The van der Waals surface area contributed by atoms with Crippen LogP contribution in [0.4, 0.5) is 0 Å². The van der Waals surface area contributed by atoms with E-state index in [-0.39, 0.29) is 0 Å². The van der Waals surface area contributed by atoms with Gasteiger partial charge in [0.2, 0.25) is 0 Å². The normalized spacial score (nSPS) is 23.7. The van der Waals surface area contributed by atoms with Gasteiger partial charge in [-0.15, -0.1) is 9.24 Å². The van der Waals surface area contributed by atoms with Gasteiger partial charge in [-0.25, -0.2) is 0 Å². The number of hydrogen-bond donors (Lipinski definition) is 0. The Hall–Kier alpha value is 0.430. The Morgan fingerprint density at radius 3 is 1.73 bits per heavy atom. The standard InChI is InChI=1S/C10H21P/c11-9-10-7-5-3-1-2-4-6-8-10/h10H,1-9,11H2. The van der Waals surface area contributed by atoms with E-state index >= 15 is 0 Å². The summed E-state index contributed by atoms with van der Waals surface area (Å²) in [6, 6.07) is 0. The first-order valence-electron chi connectivity index (χ1n) is 5.13. The lowest BCUT2D eigenvalue weighted by atomic mass is 9.99. The highest BCUT2D eigenvalue weighted by Gasteiger charge is 2.07. The molecule has 0 radical (unpaired) electrons. The molecular weight excluding hydrogens is 151 g/mol. The summed E-state index contributed by atoms with van der Waals surface area (Å²) in [4.78, 5) is 0. The van der Waals surface area contributed by atoms with E-state index in [0.717, 1.165) is 5.92 Å². The van der Waals surface area contributed by atoms with Crippen LogP contribution in [-0.2, 0) is 0 Å². The minimum Gasteiger partial charge on any atom is -0.137 e. The Labute approximate surface area is 73.3 Å². The summed E-state index contributed by atoms with van der Waals surface area (Å²) in [5.41, 5.74) is 0. The third-order valence-electron chi connectivity index (χ3n) is 2.81. The van der Waals surface area contributed by atoms with Gasteiger partial charge < -0.3 is 0 Å². The van der Waals surface area contributed by atoms with Crippen molar-refractivity contribution < 1.29 is 0 Å². The summed E-state index contributed by atoms with van der Waals surface area (Å²) in [5.74, 6) is 1.03. The highest BCUT2D eigenvalue weighted by molar-refractivity contribution is 7.16. The Morgan fingerprint density at radius 1 is 0.818 bits per heavy atom. The van der Waals surface area contributed by atoms with Crippen molar-refractivity contribution in [3.05, 3.63) is 0 Å². The van der Waals surface area contributed by atoms with E-state index in [1.165, 1.54) is 57.5 Å². The summed E-state index contributed by atoms with van der Waals surface area (Å²) >= 11 is 0. The third kappa shape index (κ3) is 4.11. The predicted octanol–water partition coefficient (Wildman–Crippen LogP) is 3.61. The van der Waals surface area contributed by atoms with E-state index in [4.69, 9.17) is 0 Å². The Balaban J connectivity index is 2.19. The van der Waals surface area contributed by atoms with Crippen molar-refractivity contribution in [1.82, 2.24) is 0 Å². The molecule has 1 rings (SSSR count). The van der Waals surface area contributed by atoms with Gasteiger partial charge in [0.05, 0.1) is 0 Å². The average Bonchev–Trinajstić information content (AvgIpc) is 2.16. The molecule has 0 spiro atoms. The molecule has 0 N–H and O–H groups in total.